The molecule has 1 unspecified atom stereocenters. The van der Waals surface area contributed by atoms with Gasteiger partial charge in [0.1, 0.15) is 12.9 Å². The van der Waals surface area contributed by atoms with Crippen molar-refractivity contribution < 1.29 is 68.0 Å². The van der Waals surface area contributed by atoms with E-state index in [2.05, 4.69) is 14.2 Å². The monoisotopic (exact) mass is 612 g/mol. The lowest BCUT2D eigenvalue weighted by Gasteiger charge is -2.37. The lowest BCUT2D eigenvalue weighted by atomic mass is 9.90. The van der Waals surface area contributed by atoms with E-state index in [0.29, 0.717) is 24.2 Å². The molecule has 0 aliphatic heterocycles. The normalized spacial score (nSPS) is 14.1. The van der Waals surface area contributed by atoms with E-state index >= 15 is 0 Å². The Hall–Kier alpha value is -2.56. The maximum Gasteiger partial charge on any atom is 0.430 e. The van der Waals surface area contributed by atoms with Crippen LogP contribution in [0.2, 0.25) is 25.7 Å². The van der Waals surface area contributed by atoms with Gasteiger partial charge in [0.15, 0.2) is 11.5 Å². The van der Waals surface area contributed by atoms with E-state index in [1.807, 2.05) is 19.6 Å². The number of rotatable bonds is 13. The van der Waals surface area contributed by atoms with Crippen molar-refractivity contribution in [3.8, 4) is 11.5 Å². The second-order valence-electron chi connectivity index (χ2n) is 9.65. The summed E-state index contributed by atoms with van der Waals surface area (Å²) in [5, 5.41) is 10.6. The Morgan fingerprint density at radius 3 is 1.73 bits per heavy atom. The topological polar surface area (TPSA) is 57.2 Å². The van der Waals surface area contributed by atoms with Crippen LogP contribution in [0, 0.1) is 0 Å². The summed E-state index contributed by atoms with van der Waals surface area (Å²) in [6.45, 7) is -2.50. The van der Waals surface area contributed by atoms with Crippen LogP contribution in [0.1, 0.15) is 22.8 Å². The molecule has 2 aromatic carbocycles. The lowest BCUT2D eigenvalue weighted by Crippen LogP contribution is -2.56. The second kappa shape index (κ2) is 13.0. The molecule has 0 fully saturated rings. The molecule has 0 aliphatic rings. The number of aliphatic hydroxyl groups is 1. The van der Waals surface area contributed by atoms with Crippen LogP contribution in [0.3, 0.4) is 0 Å². The second-order valence-corrected chi connectivity index (χ2v) is 15.3. The van der Waals surface area contributed by atoms with Crippen molar-refractivity contribution in [2.24, 2.45) is 0 Å². The van der Waals surface area contributed by atoms with E-state index < -0.39 is 69.2 Å². The summed E-state index contributed by atoms with van der Waals surface area (Å²) in [4.78, 5) is 0. The maximum atomic E-state index is 14.0. The highest BCUT2D eigenvalue weighted by atomic mass is 28.3. The van der Waals surface area contributed by atoms with E-state index in [0.717, 1.165) is 24.3 Å². The summed E-state index contributed by atoms with van der Waals surface area (Å²) in [6.07, 6.45) is -13.8. The van der Waals surface area contributed by atoms with E-state index in [-0.39, 0.29) is 17.7 Å². The van der Waals surface area contributed by atoms with Gasteiger partial charge in [-0.15, -0.1) is 0 Å². The zero-order valence-corrected chi connectivity index (χ0v) is 22.3. The minimum absolute atomic E-state index is 0.106. The van der Waals surface area contributed by atoms with Crippen LogP contribution in [-0.4, -0.2) is 52.2 Å². The number of ether oxygens (including phenoxy) is 4. The number of halogens is 10. The van der Waals surface area contributed by atoms with E-state index in [1.165, 1.54) is 0 Å². The first-order valence-corrected chi connectivity index (χ1v) is 15.2. The van der Waals surface area contributed by atoms with Crippen molar-refractivity contribution in [3.63, 3.8) is 0 Å². The summed E-state index contributed by atoms with van der Waals surface area (Å²) >= 11 is 0. The average molecular weight is 613 g/mol. The molecule has 0 bridgehead atoms. The van der Waals surface area contributed by atoms with Gasteiger partial charge < -0.3 is 24.1 Å². The molecule has 0 saturated heterocycles. The first-order valence-electron chi connectivity index (χ1n) is 11.5. The Labute approximate surface area is 223 Å². The van der Waals surface area contributed by atoms with Gasteiger partial charge in [0.2, 0.25) is 0 Å². The number of aliphatic hydroxyl groups excluding tert-OH is 1. The zero-order valence-electron chi connectivity index (χ0n) is 21.3. The van der Waals surface area contributed by atoms with Crippen LogP contribution >= 0.6 is 0 Å². The van der Waals surface area contributed by atoms with Crippen molar-refractivity contribution >= 4 is 8.07 Å². The highest BCUT2D eigenvalue weighted by molar-refractivity contribution is 6.76. The molecule has 40 heavy (non-hydrogen) atoms. The molecule has 0 aromatic heterocycles. The van der Waals surface area contributed by atoms with Crippen LogP contribution in [0.4, 0.5) is 43.9 Å². The van der Waals surface area contributed by atoms with Crippen molar-refractivity contribution in [3.05, 3.63) is 59.2 Å². The molecule has 5 nitrogen and oxygen atoms in total. The van der Waals surface area contributed by atoms with Crippen LogP contribution in [0.25, 0.3) is 0 Å². The summed E-state index contributed by atoms with van der Waals surface area (Å²) in [6, 6.07) is 5.25. The Morgan fingerprint density at radius 1 is 0.750 bits per heavy atom. The molecular formula is C24H26F10O5Si. The fourth-order valence-electron chi connectivity index (χ4n) is 3.47. The summed E-state index contributed by atoms with van der Waals surface area (Å²) in [5.41, 5.74) is -6.66. The maximum absolute atomic E-state index is 14.0. The molecule has 1 N–H and O–H groups in total. The Morgan fingerprint density at radius 2 is 1.25 bits per heavy atom. The first kappa shape index (κ1) is 33.6. The lowest BCUT2D eigenvalue weighted by molar-refractivity contribution is -0.401. The van der Waals surface area contributed by atoms with E-state index in [1.54, 1.807) is 0 Å². The van der Waals surface area contributed by atoms with Gasteiger partial charge in [0.25, 0.3) is 5.60 Å². The highest BCUT2D eigenvalue weighted by Gasteiger charge is 2.73. The predicted molar refractivity (Wildman–Crippen MR) is 124 cm³/mol. The Bertz CT molecular complexity index is 1070. The summed E-state index contributed by atoms with van der Waals surface area (Å²) in [5.74, 6) is -1.69. The number of hydrogen-bond donors (Lipinski definition) is 1. The van der Waals surface area contributed by atoms with Gasteiger partial charge in [0, 0.05) is 20.2 Å². The quantitative estimate of drug-likeness (QED) is 0.109. The zero-order chi connectivity index (χ0) is 30.5. The minimum atomic E-state index is -5.98. The van der Waals surface area contributed by atoms with Crippen LogP contribution in [0.15, 0.2) is 42.5 Å². The average Bonchev–Trinajstić information content (AvgIpc) is 2.79. The molecule has 1 atom stereocenters. The van der Waals surface area contributed by atoms with Crippen molar-refractivity contribution in [2.75, 3.05) is 13.4 Å². The fourth-order valence-corrected chi connectivity index (χ4v) is 4.23. The number of alkyl halides is 10. The van der Waals surface area contributed by atoms with Gasteiger partial charge in [-0.1, -0.05) is 50.0 Å². The van der Waals surface area contributed by atoms with Gasteiger partial charge in [-0.25, -0.2) is 0 Å². The van der Waals surface area contributed by atoms with Gasteiger partial charge in [0.05, 0.1) is 0 Å². The van der Waals surface area contributed by atoms with Gasteiger partial charge in [-0.05, 0) is 29.3 Å². The molecule has 0 amide bonds. The molecule has 0 radical (unpaired) electrons. The third kappa shape index (κ3) is 8.47. The highest BCUT2D eigenvalue weighted by Crippen LogP contribution is 2.53. The van der Waals surface area contributed by atoms with Crippen molar-refractivity contribution in [1.82, 2.24) is 0 Å². The number of hydrogen-bond acceptors (Lipinski definition) is 5. The van der Waals surface area contributed by atoms with E-state index in [4.69, 9.17) is 4.74 Å². The largest absolute Gasteiger partial charge is 0.431 e. The van der Waals surface area contributed by atoms with Crippen LogP contribution < -0.4 is 9.47 Å². The summed E-state index contributed by atoms with van der Waals surface area (Å²) < 4.78 is 152. The van der Waals surface area contributed by atoms with Crippen molar-refractivity contribution in [1.29, 1.82) is 0 Å². The number of benzene rings is 2. The van der Waals surface area contributed by atoms with Crippen LogP contribution in [0.5, 0.6) is 11.5 Å². The third-order valence-corrected chi connectivity index (χ3v) is 7.21. The van der Waals surface area contributed by atoms with Crippen molar-refractivity contribution in [2.45, 2.75) is 63.0 Å². The molecule has 16 heteroatoms. The van der Waals surface area contributed by atoms with Crippen LogP contribution in [-0.2, 0) is 15.1 Å². The fraction of sp³-hybridized carbons (Fsp3) is 0.500. The molecule has 2 aromatic rings. The molecule has 0 aliphatic carbocycles. The van der Waals surface area contributed by atoms with Gasteiger partial charge >= 0.3 is 25.6 Å². The first-order chi connectivity index (χ1) is 18.3. The Balaban J connectivity index is 2.40. The summed E-state index contributed by atoms with van der Waals surface area (Å²) in [7, 11) is -1.69. The smallest absolute Gasteiger partial charge is 0.430 e. The predicted octanol–water partition coefficient (Wildman–Crippen LogP) is 7.62. The minimum Gasteiger partial charge on any atom is -0.431 e. The molecule has 0 saturated carbocycles. The molecule has 2 rings (SSSR count). The third-order valence-electron chi connectivity index (χ3n) is 5.50. The van der Waals surface area contributed by atoms with Gasteiger partial charge in [-0.2, -0.15) is 43.9 Å². The standard InChI is InChI=1S/C24H26F10O5Si/c1-40(2,3)11-10-36-13-37-22(23(29,30)31,24(32,33)34)16-7-4-14(5-8-16)19(35)15-6-9-17(38-20(25)26)18(12-15)39-21(27)28/h4-9,12,19-21,35H,10-11,13H2,1-3H3. The molecule has 226 valence electrons. The molecule has 0 spiro atoms. The van der Waals surface area contributed by atoms with Gasteiger partial charge in [-0.3, -0.25) is 0 Å². The molecule has 0 heterocycles. The SMILES string of the molecule is C[Si](C)(C)CCOCOC(c1ccc(C(O)c2ccc(OC(F)F)c(OC(F)F)c2)cc1)(C(F)(F)F)C(F)(F)F. The van der Waals surface area contributed by atoms with E-state index in [9.17, 15) is 49.0 Å². The Kier molecular flexibility index (Phi) is 10.9. The molecular weight excluding hydrogens is 586 g/mol.